The molecule has 0 aromatic carbocycles. The topological polar surface area (TPSA) is 71.9 Å². The molecule has 1 N–H and O–H groups in total. The van der Waals surface area contributed by atoms with Crippen molar-refractivity contribution >= 4 is 11.8 Å². The fourth-order valence-electron chi connectivity index (χ4n) is 3.77. The monoisotopic (exact) mass is 317 g/mol. The van der Waals surface area contributed by atoms with Gasteiger partial charge in [-0.05, 0) is 39.8 Å². The zero-order chi connectivity index (χ0) is 15.9. The molecule has 1 atom stereocenters. The van der Waals surface area contributed by atoms with E-state index in [2.05, 4.69) is 25.2 Å². The first-order chi connectivity index (χ1) is 11.1. The average Bonchev–Trinajstić information content (AvgIpc) is 2.90. The molecule has 0 radical (unpaired) electrons. The highest BCUT2D eigenvalue weighted by Crippen LogP contribution is 2.40. The lowest BCUT2D eigenvalue weighted by atomic mass is 9.75. The molecule has 124 valence electrons. The predicted octanol–water partition coefficient (Wildman–Crippen LogP) is 1.53. The number of nitrogens with one attached hydrogen (secondary N) is 1. The number of ether oxygens (including phenoxy) is 2. The SMILES string of the molecule is CC(C)Oc1cc(NC2=NC[C@@]3(CN4CCC3CC4)O2)ncn1. The zero-order valence-electron chi connectivity index (χ0n) is 13.7. The van der Waals surface area contributed by atoms with Crippen LogP contribution < -0.4 is 10.1 Å². The van der Waals surface area contributed by atoms with Crippen LogP contribution >= 0.6 is 0 Å². The molecule has 3 saturated heterocycles. The minimum Gasteiger partial charge on any atom is -0.475 e. The lowest BCUT2D eigenvalue weighted by molar-refractivity contribution is -0.0829. The maximum absolute atomic E-state index is 6.24. The van der Waals surface area contributed by atoms with Crippen molar-refractivity contribution < 1.29 is 9.47 Å². The summed E-state index contributed by atoms with van der Waals surface area (Å²) >= 11 is 0. The molecule has 0 aliphatic carbocycles. The van der Waals surface area contributed by atoms with Crippen LogP contribution in [-0.4, -0.2) is 58.8 Å². The normalized spacial score (nSPS) is 32.0. The number of piperidine rings is 3. The van der Waals surface area contributed by atoms with E-state index < -0.39 is 0 Å². The van der Waals surface area contributed by atoms with E-state index in [-0.39, 0.29) is 11.7 Å². The summed E-state index contributed by atoms with van der Waals surface area (Å²) in [5.41, 5.74) is -0.136. The van der Waals surface area contributed by atoms with Gasteiger partial charge in [0.05, 0.1) is 12.6 Å². The molecule has 0 amide bonds. The number of fused-ring (bicyclic) bond motifs is 2. The van der Waals surface area contributed by atoms with Crippen molar-refractivity contribution in [3.8, 4) is 5.88 Å². The molecular weight excluding hydrogens is 294 g/mol. The molecule has 4 aliphatic heterocycles. The molecule has 7 nitrogen and oxygen atoms in total. The number of aliphatic imine (C=N–C) groups is 1. The summed E-state index contributed by atoms with van der Waals surface area (Å²) in [6, 6.07) is 2.33. The van der Waals surface area contributed by atoms with E-state index in [0.29, 0.717) is 23.6 Å². The molecule has 4 aliphatic rings. The van der Waals surface area contributed by atoms with Crippen molar-refractivity contribution in [3.05, 3.63) is 12.4 Å². The first-order valence-electron chi connectivity index (χ1n) is 8.34. The maximum Gasteiger partial charge on any atom is 0.291 e. The van der Waals surface area contributed by atoms with Gasteiger partial charge in [0.25, 0.3) is 6.02 Å². The van der Waals surface area contributed by atoms with E-state index in [9.17, 15) is 0 Å². The Bertz CT molecular complexity index is 612. The van der Waals surface area contributed by atoms with Crippen LogP contribution in [0.4, 0.5) is 5.82 Å². The van der Waals surface area contributed by atoms with E-state index in [1.807, 2.05) is 13.8 Å². The minimum absolute atomic E-state index is 0.0768. The third-order valence-corrected chi connectivity index (χ3v) is 4.85. The Balaban J connectivity index is 1.43. The second-order valence-corrected chi connectivity index (χ2v) is 6.87. The fraction of sp³-hybridized carbons (Fsp3) is 0.688. The van der Waals surface area contributed by atoms with Crippen molar-refractivity contribution in [2.75, 3.05) is 31.5 Å². The van der Waals surface area contributed by atoms with Crippen LogP contribution in [0.2, 0.25) is 0 Å². The second-order valence-electron chi connectivity index (χ2n) is 6.87. The van der Waals surface area contributed by atoms with Gasteiger partial charge in [-0.3, -0.25) is 10.2 Å². The van der Waals surface area contributed by atoms with Gasteiger partial charge < -0.3 is 9.47 Å². The minimum atomic E-state index is -0.136. The smallest absolute Gasteiger partial charge is 0.291 e. The molecule has 7 heteroatoms. The largest absolute Gasteiger partial charge is 0.475 e. The Labute approximate surface area is 136 Å². The number of amidine groups is 1. The summed E-state index contributed by atoms with van der Waals surface area (Å²) in [6.45, 7) is 8.04. The van der Waals surface area contributed by atoms with Crippen LogP contribution in [0.3, 0.4) is 0 Å². The highest BCUT2D eigenvalue weighted by atomic mass is 16.5. The molecule has 5 rings (SSSR count). The highest BCUT2D eigenvalue weighted by Gasteiger charge is 2.51. The second kappa shape index (κ2) is 5.63. The molecule has 1 aromatic rings. The summed E-state index contributed by atoms with van der Waals surface area (Å²) in [5.74, 6) is 1.81. The van der Waals surface area contributed by atoms with Gasteiger partial charge in [-0.1, -0.05) is 0 Å². The van der Waals surface area contributed by atoms with E-state index in [0.717, 1.165) is 13.1 Å². The Morgan fingerprint density at radius 1 is 1.35 bits per heavy atom. The van der Waals surface area contributed by atoms with Crippen molar-refractivity contribution in [1.29, 1.82) is 0 Å². The van der Waals surface area contributed by atoms with Crippen LogP contribution in [0.25, 0.3) is 0 Å². The van der Waals surface area contributed by atoms with E-state index >= 15 is 0 Å². The molecule has 0 saturated carbocycles. The molecular formula is C16H23N5O2. The lowest BCUT2D eigenvalue weighted by Crippen LogP contribution is -2.61. The molecule has 5 heterocycles. The lowest BCUT2D eigenvalue weighted by Gasteiger charge is -2.50. The molecule has 2 bridgehead atoms. The third-order valence-electron chi connectivity index (χ3n) is 4.85. The third kappa shape index (κ3) is 2.85. The van der Waals surface area contributed by atoms with Gasteiger partial charge in [-0.2, -0.15) is 0 Å². The van der Waals surface area contributed by atoms with Gasteiger partial charge in [0, 0.05) is 18.5 Å². The summed E-state index contributed by atoms with van der Waals surface area (Å²) in [5, 5.41) is 3.16. The summed E-state index contributed by atoms with van der Waals surface area (Å²) < 4.78 is 11.8. The van der Waals surface area contributed by atoms with Gasteiger partial charge in [-0.15, -0.1) is 0 Å². The van der Waals surface area contributed by atoms with E-state index in [1.54, 1.807) is 6.07 Å². The Hall–Kier alpha value is -1.89. The maximum atomic E-state index is 6.24. The molecule has 3 fully saturated rings. The number of rotatable bonds is 3. The van der Waals surface area contributed by atoms with Gasteiger partial charge in [-0.25, -0.2) is 15.0 Å². The Morgan fingerprint density at radius 3 is 2.87 bits per heavy atom. The van der Waals surface area contributed by atoms with E-state index in [1.165, 1.54) is 32.3 Å². The zero-order valence-corrected chi connectivity index (χ0v) is 13.7. The van der Waals surface area contributed by atoms with Crippen molar-refractivity contribution in [3.63, 3.8) is 0 Å². The van der Waals surface area contributed by atoms with Crippen LogP contribution in [0.15, 0.2) is 17.4 Å². The van der Waals surface area contributed by atoms with E-state index in [4.69, 9.17) is 9.47 Å². The molecule has 1 aromatic heterocycles. The van der Waals surface area contributed by atoms with Gasteiger partial charge in [0.15, 0.2) is 0 Å². The Morgan fingerprint density at radius 2 is 2.17 bits per heavy atom. The molecule has 1 spiro atoms. The summed E-state index contributed by atoms with van der Waals surface area (Å²) in [6.07, 6.45) is 3.98. The van der Waals surface area contributed by atoms with Gasteiger partial charge in [0.2, 0.25) is 5.88 Å². The van der Waals surface area contributed by atoms with Crippen molar-refractivity contribution in [1.82, 2.24) is 14.9 Å². The number of anilines is 1. The number of hydrogen-bond donors (Lipinski definition) is 1. The highest BCUT2D eigenvalue weighted by molar-refractivity contribution is 5.89. The predicted molar refractivity (Wildman–Crippen MR) is 86.7 cm³/mol. The average molecular weight is 317 g/mol. The summed E-state index contributed by atoms with van der Waals surface area (Å²) in [4.78, 5) is 15.4. The van der Waals surface area contributed by atoms with Crippen LogP contribution in [0, 0.1) is 5.92 Å². The number of aromatic nitrogens is 2. The van der Waals surface area contributed by atoms with Crippen LogP contribution in [0.5, 0.6) is 5.88 Å². The van der Waals surface area contributed by atoms with Gasteiger partial charge >= 0.3 is 0 Å². The van der Waals surface area contributed by atoms with Crippen molar-refractivity contribution in [2.45, 2.75) is 38.4 Å². The van der Waals surface area contributed by atoms with Crippen molar-refractivity contribution in [2.24, 2.45) is 10.9 Å². The Kier molecular flexibility index (Phi) is 3.60. The van der Waals surface area contributed by atoms with Crippen LogP contribution in [-0.2, 0) is 4.74 Å². The quantitative estimate of drug-likeness (QED) is 0.911. The van der Waals surface area contributed by atoms with Gasteiger partial charge in [0.1, 0.15) is 17.7 Å². The fourth-order valence-corrected chi connectivity index (χ4v) is 3.77. The molecule has 23 heavy (non-hydrogen) atoms. The number of nitrogens with zero attached hydrogens (tertiary/aromatic N) is 4. The first kappa shape index (κ1) is 14.7. The molecule has 0 unspecified atom stereocenters. The first-order valence-corrected chi connectivity index (χ1v) is 8.34. The number of hydrogen-bond acceptors (Lipinski definition) is 7. The van der Waals surface area contributed by atoms with Crippen LogP contribution in [0.1, 0.15) is 26.7 Å². The standard InChI is InChI=1S/C16H23N5O2/c1-11(2)22-14-7-13(18-10-19-14)20-15-17-8-16(23-15)9-21-5-3-12(16)4-6-21/h7,10-12H,3-6,8-9H2,1-2H3,(H,17,18,19,20)/t16-/m0/s1. The summed E-state index contributed by atoms with van der Waals surface area (Å²) in [7, 11) is 0.